The molecule has 1 aliphatic rings. The highest BCUT2D eigenvalue weighted by Crippen LogP contribution is 2.32. The van der Waals surface area contributed by atoms with E-state index >= 15 is 0 Å². The first-order valence-electron chi connectivity index (χ1n) is 9.89. The van der Waals surface area contributed by atoms with E-state index in [1.165, 1.54) is 0 Å². The molecule has 156 valence electrons. The first kappa shape index (κ1) is 22.9. The highest BCUT2D eigenvalue weighted by atomic mass is 127. The molecule has 1 saturated heterocycles. The molecule has 28 heavy (non-hydrogen) atoms. The van der Waals surface area contributed by atoms with Gasteiger partial charge in [-0.05, 0) is 38.3 Å². The molecule has 0 amide bonds. The lowest BCUT2D eigenvalue weighted by atomic mass is 9.84. The van der Waals surface area contributed by atoms with Crippen molar-refractivity contribution in [1.82, 2.24) is 20.6 Å². The Morgan fingerprint density at radius 2 is 2.21 bits per heavy atom. The standard InChI is InChI=1S/C20H31N5O2.HI/c1-2-21-19(23-14-20(9-12-26)10-13-27-15-20)22-11-5-8-18-24-16-6-3-4-7-17(16)25-18;/h3-4,6-7,26H,2,5,8-15H2,1H3,(H,24,25)(H2,21,22,23);1H. The summed E-state index contributed by atoms with van der Waals surface area (Å²) in [6, 6.07) is 8.10. The average Bonchev–Trinajstić information content (AvgIpc) is 3.30. The summed E-state index contributed by atoms with van der Waals surface area (Å²) in [5.74, 6) is 1.84. The van der Waals surface area contributed by atoms with Gasteiger partial charge in [-0.15, -0.1) is 24.0 Å². The number of benzene rings is 1. The van der Waals surface area contributed by atoms with Gasteiger partial charge in [-0.2, -0.15) is 0 Å². The van der Waals surface area contributed by atoms with Gasteiger partial charge in [-0.3, -0.25) is 4.99 Å². The average molecular weight is 501 g/mol. The SMILES string of the molecule is CCNC(=NCC1(CCO)CCOC1)NCCCc1nc2ccccc2[nH]1.I. The minimum Gasteiger partial charge on any atom is -0.396 e. The number of aliphatic hydroxyl groups excluding tert-OH is 1. The Hall–Kier alpha value is -1.39. The Morgan fingerprint density at radius 1 is 1.36 bits per heavy atom. The highest BCUT2D eigenvalue weighted by molar-refractivity contribution is 14.0. The fraction of sp³-hybridized carbons (Fsp3) is 0.600. The van der Waals surface area contributed by atoms with Crippen LogP contribution in [0.3, 0.4) is 0 Å². The maximum Gasteiger partial charge on any atom is 0.191 e. The van der Waals surface area contributed by atoms with Crippen LogP contribution in [0.4, 0.5) is 0 Å². The van der Waals surface area contributed by atoms with E-state index < -0.39 is 0 Å². The molecule has 2 aromatic rings. The highest BCUT2D eigenvalue weighted by Gasteiger charge is 2.34. The number of nitrogens with zero attached hydrogens (tertiary/aromatic N) is 2. The van der Waals surface area contributed by atoms with Crippen LogP contribution in [0.1, 0.15) is 32.0 Å². The van der Waals surface area contributed by atoms with E-state index in [1.807, 2.05) is 18.2 Å². The van der Waals surface area contributed by atoms with Gasteiger partial charge in [0.25, 0.3) is 0 Å². The predicted octanol–water partition coefficient (Wildman–Crippen LogP) is 2.46. The molecule has 1 aromatic heterocycles. The normalized spacial score (nSPS) is 19.6. The zero-order valence-electron chi connectivity index (χ0n) is 16.5. The van der Waals surface area contributed by atoms with E-state index in [1.54, 1.807) is 0 Å². The Balaban J connectivity index is 0.00000280. The number of ether oxygens (including phenoxy) is 1. The van der Waals surface area contributed by atoms with Crippen LogP contribution in [0.2, 0.25) is 0 Å². The monoisotopic (exact) mass is 501 g/mol. The summed E-state index contributed by atoms with van der Waals surface area (Å²) < 4.78 is 5.55. The number of hydrogen-bond donors (Lipinski definition) is 4. The molecule has 2 heterocycles. The van der Waals surface area contributed by atoms with Gasteiger partial charge in [0, 0.05) is 38.1 Å². The van der Waals surface area contributed by atoms with E-state index in [0.29, 0.717) is 13.2 Å². The van der Waals surface area contributed by atoms with Gasteiger partial charge in [-0.1, -0.05) is 12.1 Å². The number of aliphatic hydroxyl groups is 1. The van der Waals surface area contributed by atoms with Gasteiger partial charge in [0.2, 0.25) is 0 Å². The number of halogens is 1. The smallest absolute Gasteiger partial charge is 0.191 e. The molecule has 1 aromatic carbocycles. The fourth-order valence-corrected chi connectivity index (χ4v) is 3.46. The summed E-state index contributed by atoms with van der Waals surface area (Å²) in [6.45, 7) is 6.01. The molecule has 1 fully saturated rings. The number of guanidine groups is 1. The quantitative estimate of drug-likeness (QED) is 0.183. The number of H-pyrrole nitrogens is 1. The fourth-order valence-electron chi connectivity index (χ4n) is 3.46. The van der Waals surface area contributed by atoms with Crippen molar-refractivity contribution in [3.63, 3.8) is 0 Å². The number of hydrogen-bond acceptors (Lipinski definition) is 4. The Bertz CT molecular complexity index is 710. The lowest BCUT2D eigenvalue weighted by Crippen LogP contribution is -2.39. The third-order valence-electron chi connectivity index (χ3n) is 5.07. The van der Waals surface area contributed by atoms with Crippen LogP contribution in [-0.2, 0) is 11.2 Å². The van der Waals surface area contributed by atoms with Crippen molar-refractivity contribution in [3.8, 4) is 0 Å². The summed E-state index contributed by atoms with van der Waals surface area (Å²) >= 11 is 0. The van der Waals surface area contributed by atoms with Crippen molar-refractivity contribution in [2.75, 3.05) is 39.5 Å². The number of rotatable bonds is 9. The molecule has 7 nitrogen and oxygen atoms in total. The van der Waals surface area contributed by atoms with Crippen molar-refractivity contribution >= 4 is 41.0 Å². The first-order chi connectivity index (χ1) is 13.2. The van der Waals surface area contributed by atoms with Crippen LogP contribution in [0.15, 0.2) is 29.3 Å². The van der Waals surface area contributed by atoms with Gasteiger partial charge >= 0.3 is 0 Å². The number of aromatic amines is 1. The molecule has 0 saturated carbocycles. The van der Waals surface area contributed by atoms with Gasteiger partial charge in [0.15, 0.2) is 5.96 Å². The lowest BCUT2D eigenvalue weighted by molar-refractivity contribution is 0.131. The van der Waals surface area contributed by atoms with Crippen LogP contribution in [-0.4, -0.2) is 60.5 Å². The molecule has 1 aliphatic heterocycles. The molecule has 0 bridgehead atoms. The third-order valence-corrected chi connectivity index (χ3v) is 5.07. The van der Waals surface area contributed by atoms with E-state index in [9.17, 15) is 5.11 Å². The van der Waals surface area contributed by atoms with Gasteiger partial charge < -0.3 is 25.5 Å². The molecule has 0 spiro atoms. The Kier molecular flexibility index (Phi) is 9.46. The minimum atomic E-state index is -0.0224. The number of aryl methyl sites for hydroxylation is 1. The van der Waals surface area contributed by atoms with Crippen LogP contribution < -0.4 is 10.6 Å². The number of nitrogens with one attached hydrogen (secondary N) is 3. The number of aromatic nitrogens is 2. The molecule has 0 radical (unpaired) electrons. The van der Waals surface area contributed by atoms with E-state index in [2.05, 4.69) is 33.6 Å². The maximum absolute atomic E-state index is 9.35. The number of para-hydroxylation sites is 2. The summed E-state index contributed by atoms with van der Waals surface area (Å²) in [7, 11) is 0. The van der Waals surface area contributed by atoms with E-state index in [-0.39, 0.29) is 36.0 Å². The summed E-state index contributed by atoms with van der Waals surface area (Å²) in [5.41, 5.74) is 2.08. The maximum atomic E-state index is 9.35. The zero-order chi connectivity index (χ0) is 19.0. The zero-order valence-corrected chi connectivity index (χ0v) is 18.9. The van der Waals surface area contributed by atoms with Crippen LogP contribution in [0, 0.1) is 5.41 Å². The lowest BCUT2D eigenvalue weighted by Gasteiger charge is -2.24. The van der Waals surface area contributed by atoms with Gasteiger partial charge in [0.1, 0.15) is 5.82 Å². The number of imidazole rings is 1. The third kappa shape index (κ3) is 6.31. The molecule has 3 rings (SSSR count). The van der Waals surface area contributed by atoms with Crippen LogP contribution >= 0.6 is 24.0 Å². The summed E-state index contributed by atoms with van der Waals surface area (Å²) in [5, 5.41) is 16.1. The molecule has 4 N–H and O–H groups in total. The molecular formula is C20H32IN5O2. The minimum absolute atomic E-state index is 0. The van der Waals surface area contributed by atoms with Gasteiger partial charge in [-0.25, -0.2) is 4.98 Å². The molecular weight excluding hydrogens is 469 g/mol. The van der Waals surface area contributed by atoms with Crippen molar-refractivity contribution in [1.29, 1.82) is 0 Å². The van der Waals surface area contributed by atoms with E-state index in [0.717, 1.165) is 68.2 Å². The molecule has 0 aliphatic carbocycles. The van der Waals surface area contributed by atoms with Crippen LogP contribution in [0.5, 0.6) is 0 Å². The molecule has 1 atom stereocenters. The summed E-state index contributed by atoms with van der Waals surface area (Å²) in [6.07, 6.45) is 3.56. The Morgan fingerprint density at radius 3 is 2.93 bits per heavy atom. The van der Waals surface area contributed by atoms with Gasteiger partial charge in [0.05, 0.1) is 24.2 Å². The predicted molar refractivity (Wildman–Crippen MR) is 123 cm³/mol. The molecule has 1 unspecified atom stereocenters. The topological polar surface area (TPSA) is 94.6 Å². The number of aliphatic imine (C=N–C) groups is 1. The second kappa shape index (κ2) is 11.6. The number of fused-ring (bicyclic) bond motifs is 1. The summed E-state index contributed by atoms with van der Waals surface area (Å²) in [4.78, 5) is 12.7. The Labute approximate surface area is 183 Å². The van der Waals surface area contributed by atoms with Crippen molar-refractivity contribution in [3.05, 3.63) is 30.1 Å². The van der Waals surface area contributed by atoms with Crippen molar-refractivity contribution in [2.45, 2.75) is 32.6 Å². The van der Waals surface area contributed by atoms with Crippen LogP contribution in [0.25, 0.3) is 11.0 Å². The largest absolute Gasteiger partial charge is 0.396 e. The van der Waals surface area contributed by atoms with Crippen molar-refractivity contribution < 1.29 is 9.84 Å². The second-order valence-corrected chi connectivity index (χ2v) is 7.20. The molecule has 8 heteroatoms. The van der Waals surface area contributed by atoms with Crippen molar-refractivity contribution in [2.24, 2.45) is 10.4 Å². The second-order valence-electron chi connectivity index (χ2n) is 7.20. The van der Waals surface area contributed by atoms with E-state index in [4.69, 9.17) is 9.73 Å². The first-order valence-corrected chi connectivity index (χ1v) is 9.89.